The maximum Gasteiger partial charge on any atom is 0.0286 e. The molecule has 2 unspecified atom stereocenters. The van der Waals surface area contributed by atoms with Gasteiger partial charge in [-0.3, -0.25) is 0 Å². The Labute approximate surface area is 119 Å². The van der Waals surface area contributed by atoms with Gasteiger partial charge in [-0.15, -0.1) is 0 Å². The molecule has 2 heteroatoms. The molecule has 0 aromatic heterocycles. The van der Waals surface area contributed by atoms with Crippen LogP contribution in [0.1, 0.15) is 70.6 Å². The maximum atomic E-state index is 2.61. The third kappa shape index (κ3) is 2.85. The minimum absolute atomic E-state index is 0.845. The summed E-state index contributed by atoms with van der Waals surface area (Å²) in [5.74, 6) is 1.96. The molecule has 3 rings (SSSR count). The first-order chi connectivity index (χ1) is 9.27. The number of nitrogens with zero attached hydrogens (tertiary/aromatic N) is 2. The second-order valence-electron chi connectivity index (χ2n) is 7.31. The van der Waals surface area contributed by atoms with Gasteiger partial charge in [0, 0.05) is 26.2 Å². The quantitative estimate of drug-likeness (QED) is 0.742. The van der Waals surface area contributed by atoms with E-state index in [1.165, 1.54) is 70.6 Å². The smallest absolute Gasteiger partial charge is 0.0286 e. The number of hydrazine groups is 1. The molecule has 2 nitrogen and oxygen atoms in total. The van der Waals surface area contributed by atoms with Gasteiger partial charge in [-0.1, -0.05) is 38.5 Å². The molecule has 110 valence electrons. The first-order valence-electron chi connectivity index (χ1n) is 8.73. The van der Waals surface area contributed by atoms with Crippen LogP contribution in [-0.4, -0.2) is 36.2 Å². The zero-order valence-corrected chi connectivity index (χ0v) is 13.0. The van der Waals surface area contributed by atoms with Crippen molar-refractivity contribution in [2.24, 2.45) is 11.8 Å². The second-order valence-corrected chi connectivity index (χ2v) is 7.31. The molecule has 2 atom stereocenters. The molecule has 0 aromatic rings. The fraction of sp³-hybridized carbons (Fsp3) is 1.00. The molecule has 3 fully saturated rings. The Bertz CT molecular complexity index is 251. The Morgan fingerprint density at radius 3 is 1.32 bits per heavy atom. The average molecular weight is 264 g/mol. The topological polar surface area (TPSA) is 6.48 Å². The van der Waals surface area contributed by atoms with E-state index < -0.39 is 0 Å². The van der Waals surface area contributed by atoms with Crippen LogP contribution in [0.15, 0.2) is 0 Å². The van der Waals surface area contributed by atoms with E-state index in [4.69, 9.17) is 0 Å². The Morgan fingerprint density at radius 1 is 0.579 bits per heavy atom. The van der Waals surface area contributed by atoms with Gasteiger partial charge in [-0.05, 0) is 43.9 Å². The third-order valence-electron chi connectivity index (χ3n) is 6.33. The molecule has 0 bridgehead atoms. The predicted molar refractivity (Wildman–Crippen MR) is 80.9 cm³/mol. The van der Waals surface area contributed by atoms with Crippen molar-refractivity contribution in [3.8, 4) is 0 Å². The van der Waals surface area contributed by atoms with Gasteiger partial charge in [0.15, 0.2) is 0 Å². The van der Waals surface area contributed by atoms with E-state index >= 15 is 0 Å². The Balaban J connectivity index is 1.64. The summed E-state index contributed by atoms with van der Waals surface area (Å²) in [5, 5.41) is 5.21. The van der Waals surface area contributed by atoms with Crippen molar-refractivity contribution in [3.63, 3.8) is 0 Å². The second kappa shape index (κ2) is 6.13. The molecule has 19 heavy (non-hydrogen) atoms. The molecule has 1 heterocycles. The van der Waals surface area contributed by atoms with Gasteiger partial charge in [0.25, 0.3) is 0 Å². The first-order valence-corrected chi connectivity index (χ1v) is 8.73. The summed E-state index contributed by atoms with van der Waals surface area (Å²) in [7, 11) is 4.70. The van der Waals surface area contributed by atoms with Crippen molar-refractivity contribution in [1.82, 2.24) is 10.0 Å². The Morgan fingerprint density at radius 2 is 0.947 bits per heavy atom. The average Bonchev–Trinajstić information content (AvgIpc) is 2.77. The van der Waals surface area contributed by atoms with Gasteiger partial charge in [0.05, 0.1) is 0 Å². The van der Waals surface area contributed by atoms with Crippen LogP contribution in [0.25, 0.3) is 0 Å². The van der Waals surface area contributed by atoms with Crippen molar-refractivity contribution in [3.05, 3.63) is 0 Å². The Kier molecular flexibility index (Phi) is 4.48. The molecule has 0 amide bonds. The highest BCUT2D eigenvalue weighted by atomic mass is 15.6. The minimum Gasteiger partial charge on any atom is -0.241 e. The van der Waals surface area contributed by atoms with Gasteiger partial charge in [-0.2, -0.15) is 0 Å². The van der Waals surface area contributed by atoms with Crippen LogP contribution in [0.5, 0.6) is 0 Å². The summed E-state index contributed by atoms with van der Waals surface area (Å²) in [5.41, 5.74) is 0. The molecule has 0 N–H and O–H groups in total. The molecule has 2 aliphatic carbocycles. The van der Waals surface area contributed by atoms with Crippen LogP contribution < -0.4 is 0 Å². The highest BCUT2D eigenvalue weighted by molar-refractivity contribution is 4.93. The van der Waals surface area contributed by atoms with E-state index in [2.05, 4.69) is 24.1 Å². The summed E-state index contributed by atoms with van der Waals surface area (Å²) in [6.45, 7) is 0. The van der Waals surface area contributed by atoms with Gasteiger partial charge in [-0.25, -0.2) is 10.0 Å². The zero-order chi connectivity index (χ0) is 13.2. The van der Waals surface area contributed by atoms with Gasteiger partial charge >= 0.3 is 0 Å². The van der Waals surface area contributed by atoms with Crippen LogP contribution in [0, 0.1) is 11.8 Å². The minimum atomic E-state index is 0.845. The lowest BCUT2D eigenvalue weighted by Crippen LogP contribution is -2.42. The van der Waals surface area contributed by atoms with E-state index in [9.17, 15) is 0 Å². The van der Waals surface area contributed by atoms with E-state index in [-0.39, 0.29) is 0 Å². The fourth-order valence-electron chi connectivity index (χ4n) is 5.05. The fourth-order valence-corrected chi connectivity index (χ4v) is 5.05. The van der Waals surface area contributed by atoms with Crippen molar-refractivity contribution in [1.29, 1.82) is 0 Å². The number of rotatable bonds is 2. The summed E-state index contributed by atoms with van der Waals surface area (Å²) < 4.78 is 0. The van der Waals surface area contributed by atoms with Crippen molar-refractivity contribution < 1.29 is 0 Å². The summed E-state index contributed by atoms with van der Waals surface area (Å²) >= 11 is 0. The molecule has 0 spiro atoms. The SMILES string of the molecule is CN1C(C2CCCCC2)CC(C2CCCCC2)N1C. The van der Waals surface area contributed by atoms with Crippen molar-refractivity contribution >= 4 is 0 Å². The lowest BCUT2D eigenvalue weighted by Gasteiger charge is -2.35. The molecule has 0 aromatic carbocycles. The predicted octanol–water partition coefficient (Wildman–Crippen LogP) is 4.07. The molecule has 1 saturated heterocycles. The molecule has 3 aliphatic rings. The number of hydrogen-bond donors (Lipinski definition) is 0. The van der Waals surface area contributed by atoms with E-state index in [0.717, 1.165) is 23.9 Å². The summed E-state index contributed by atoms with van der Waals surface area (Å²) in [6, 6.07) is 1.69. The first kappa shape index (κ1) is 13.9. The highest BCUT2D eigenvalue weighted by Crippen LogP contribution is 2.40. The molecule has 0 radical (unpaired) electrons. The number of hydrogen-bond acceptors (Lipinski definition) is 2. The highest BCUT2D eigenvalue weighted by Gasteiger charge is 2.42. The standard InChI is InChI=1S/C17H32N2/c1-18-16(14-9-5-3-6-10-14)13-17(19(18)2)15-11-7-4-8-12-15/h14-17H,3-13H2,1-2H3. The largest absolute Gasteiger partial charge is 0.241 e. The van der Waals surface area contributed by atoms with Crippen LogP contribution in [0.2, 0.25) is 0 Å². The van der Waals surface area contributed by atoms with Crippen LogP contribution >= 0.6 is 0 Å². The third-order valence-corrected chi connectivity index (χ3v) is 6.33. The normalized spacial score (nSPS) is 36.9. The maximum absolute atomic E-state index is 2.61. The lowest BCUT2D eigenvalue weighted by molar-refractivity contribution is -0.0123. The Hall–Kier alpha value is -0.0800. The summed E-state index contributed by atoms with van der Waals surface area (Å²) in [4.78, 5) is 0. The van der Waals surface area contributed by atoms with Crippen LogP contribution in [0.3, 0.4) is 0 Å². The van der Waals surface area contributed by atoms with Gasteiger partial charge in [0.2, 0.25) is 0 Å². The van der Waals surface area contributed by atoms with E-state index in [0.29, 0.717) is 0 Å². The van der Waals surface area contributed by atoms with Crippen molar-refractivity contribution in [2.45, 2.75) is 82.7 Å². The van der Waals surface area contributed by atoms with E-state index in [1.54, 1.807) is 0 Å². The molecule has 1 aliphatic heterocycles. The summed E-state index contributed by atoms with van der Waals surface area (Å²) in [6.07, 6.45) is 16.3. The van der Waals surface area contributed by atoms with E-state index in [1.807, 2.05) is 0 Å². The van der Waals surface area contributed by atoms with Crippen LogP contribution in [0.4, 0.5) is 0 Å². The van der Waals surface area contributed by atoms with Crippen LogP contribution in [-0.2, 0) is 0 Å². The molecule has 2 saturated carbocycles. The monoisotopic (exact) mass is 264 g/mol. The van der Waals surface area contributed by atoms with Gasteiger partial charge < -0.3 is 0 Å². The van der Waals surface area contributed by atoms with Gasteiger partial charge in [0.1, 0.15) is 0 Å². The molecular formula is C17H32N2. The molecular weight excluding hydrogens is 232 g/mol. The van der Waals surface area contributed by atoms with Crippen molar-refractivity contribution in [2.75, 3.05) is 14.1 Å². The zero-order valence-electron chi connectivity index (χ0n) is 13.0. The lowest BCUT2D eigenvalue weighted by atomic mass is 9.78.